The lowest BCUT2D eigenvalue weighted by atomic mass is 10.0. The van der Waals surface area contributed by atoms with Gasteiger partial charge in [0.05, 0.1) is 13.2 Å². The molecule has 0 aromatic heterocycles. The van der Waals surface area contributed by atoms with E-state index in [2.05, 4.69) is 13.8 Å². The largest absolute Gasteiger partial charge is 0.492 e. The Morgan fingerprint density at radius 2 is 1.60 bits per heavy atom. The number of carbonyl (C=O) groups excluding carboxylic acids is 1. The van der Waals surface area contributed by atoms with Gasteiger partial charge in [-0.1, -0.05) is 69.2 Å². The molecule has 7 heteroatoms. The van der Waals surface area contributed by atoms with Gasteiger partial charge in [0.2, 0.25) is 0 Å². The zero-order chi connectivity index (χ0) is 25.5. The van der Waals surface area contributed by atoms with E-state index in [1.807, 2.05) is 54.6 Å². The molecule has 0 aliphatic carbocycles. The molecule has 1 N–H and O–H groups in total. The Bertz CT molecular complexity index is 867. The summed E-state index contributed by atoms with van der Waals surface area (Å²) in [4.78, 5) is 25.8. The van der Waals surface area contributed by atoms with Crippen LogP contribution in [0.25, 0.3) is 0 Å². The number of hydrogen-bond donors (Lipinski definition) is 1. The van der Waals surface area contributed by atoms with Gasteiger partial charge in [0.1, 0.15) is 12.4 Å². The number of carboxylic acids is 1. The predicted octanol–water partition coefficient (Wildman–Crippen LogP) is 5.22. The number of aliphatic carboxylic acids is 1. The van der Waals surface area contributed by atoms with Gasteiger partial charge in [-0.05, 0) is 36.1 Å². The summed E-state index contributed by atoms with van der Waals surface area (Å²) < 4.78 is 16.7. The normalized spacial score (nSPS) is 11.8. The van der Waals surface area contributed by atoms with Crippen molar-refractivity contribution in [1.29, 1.82) is 0 Å². The molecule has 7 nitrogen and oxygen atoms in total. The zero-order valence-electron chi connectivity index (χ0n) is 21.2. The molecule has 1 amide bonds. The number of benzene rings is 2. The van der Waals surface area contributed by atoms with E-state index in [-0.39, 0.29) is 6.09 Å². The van der Waals surface area contributed by atoms with E-state index in [0.29, 0.717) is 57.4 Å². The maximum Gasteiger partial charge on any atom is 0.409 e. The summed E-state index contributed by atoms with van der Waals surface area (Å²) in [5.74, 6) is 0.0980. The fraction of sp³-hybridized carbons (Fsp3) is 0.500. The fourth-order valence-electron chi connectivity index (χ4n) is 3.74. The third-order valence-electron chi connectivity index (χ3n) is 5.97. The molecular weight excluding hydrogens is 446 g/mol. The van der Waals surface area contributed by atoms with Gasteiger partial charge in [-0.15, -0.1) is 0 Å². The van der Waals surface area contributed by atoms with E-state index in [4.69, 9.17) is 14.2 Å². The molecule has 0 bridgehead atoms. The highest BCUT2D eigenvalue weighted by atomic mass is 16.6. The van der Waals surface area contributed by atoms with Crippen LogP contribution in [0.3, 0.4) is 0 Å². The summed E-state index contributed by atoms with van der Waals surface area (Å²) in [6, 6.07) is 17.3. The SMILES string of the molecule is CCOC(Cc1ccc(OCCN(CC(CC)CC)C(=O)OCCc2ccccc2)cc1)C(=O)O. The molecule has 0 heterocycles. The Hall–Kier alpha value is -3.06. The second-order valence-corrected chi connectivity index (χ2v) is 8.46. The van der Waals surface area contributed by atoms with Crippen LogP contribution in [0.15, 0.2) is 54.6 Å². The molecule has 0 aliphatic heterocycles. The first kappa shape index (κ1) is 28.2. The van der Waals surface area contributed by atoms with Crippen molar-refractivity contribution in [1.82, 2.24) is 4.90 Å². The summed E-state index contributed by atoms with van der Waals surface area (Å²) in [5, 5.41) is 9.25. The highest BCUT2D eigenvalue weighted by Gasteiger charge is 2.20. The molecule has 0 saturated heterocycles. The Morgan fingerprint density at radius 3 is 2.20 bits per heavy atom. The molecule has 0 radical (unpaired) electrons. The van der Waals surface area contributed by atoms with Crippen LogP contribution >= 0.6 is 0 Å². The molecule has 2 aromatic rings. The van der Waals surface area contributed by atoms with Crippen molar-refractivity contribution in [3.8, 4) is 5.75 Å². The van der Waals surface area contributed by atoms with Crippen LogP contribution in [0, 0.1) is 5.92 Å². The molecule has 2 aromatic carbocycles. The Labute approximate surface area is 209 Å². The van der Waals surface area contributed by atoms with Crippen LogP contribution in [0.5, 0.6) is 5.75 Å². The number of carbonyl (C=O) groups is 2. The number of ether oxygens (including phenoxy) is 3. The molecule has 35 heavy (non-hydrogen) atoms. The van der Waals surface area contributed by atoms with Crippen molar-refractivity contribution in [2.75, 3.05) is 32.9 Å². The lowest BCUT2D eigenvalue weighted by Crippen LogP contribution is -2.38. The van der Waals surface area contributed by atoms with Gasteiger partial charge in [-0.25, -0.2) is 9.59 Å². The number of hydrogen-bond acceptors (Lipinski definition) is 5. The van der Waals surface area contributed by atoms with Gasteiger partial charge in [0.25, 0.3) is 0 Å². The minimum atomic E-state index is -0.972. The van der Waals surface area contributed by atoms with E-state index < -0.39 is 12.1 Å². The van der Waals surface area contributed by atoms with Crippen molar-refractivity contribution in [2.45, 2.75) is 52.6 Å². The van der Waals surface area contributed by atoms with Crippen LogP contribution < -0.4 is 4.74 Å². The molecule has 0 spiro atoms. The summed E-state index contributed by atoms with van der Waals surface area (Å²) >= 11 is 0. The third-order valence-corrected chi connectivity index (χ3v) is 5.97. The molecule has 1 atom stereocenters. The molecule has 0 saturated carbocycles. The maximum atomic E-state index is 12.8. The minimum Gasteiger partial charge on any atom is -0.492 e. The van der Waals surface area contributed by atoms with Crippen molar-refractivity contribution >= 4 is 12.1 Å². The second kappa shape index (κ2) is 15.8. The minimum absolute atomic E-state index is 0.293. The van der Waals surface area contributed by atoms with Crippen LogP contribution in [0.1, 0.15) is 44.7 Å². The smallest absolute Gasteiger partial charge is 0.409 e. The number of carboxylic acid groups (broad SMARTS) is 1. The van der Waals surface area contributed by atoms with Gasteiger partial charge < -0.3 is 24.2 Å². The van der Waals surface area contributed by atoms with Gasteiger partial charge in [-0.2, -0.15) is 0 Å². The maximum absolute atomic E-state index is 12.8. The van der Waals surface area contributed by atoms with Crippen molar-refractivity contribution < 1.29 is 28.9 Å². The molecular formula is C28H39NO6. The Kier molecular flexibility index (Phi) is 12.7. The van der Waals surface area contributed by atoms with E-state index in [9.17, 15) is 14.7 Å². The highest BCUT2D eigenvalue weighted by molar-refractivity contribution is 5.72. The topological polar surface area (TPSA) is 85.3 Å². The third kappa shape index (κ3) is 10.4. The van der Waals surface area contributed by atoms with Gasteiger partial charge in [0, 0.05) is 26.0 Å². The molecule has 2 rings (SSSR count). The summed E-state index contributed by atoms with van der Waals surface area (Å²) in [6.07, 6.45) is 1.78. The summed E-state index contributed by atoms with van der Waals surface area (Å²) in [5.41, 5.74) is 1.99. The monoisotopic (exact) mass is 485 g/mol. The zero-order valence-corrected chi connectivity index (χ0v) is 21.2. The Balaban J connectivity index is 1.87. The summed E-state index contributed by atoms with van der Waals surface area (Å²) in [6.45, 7) is 8.12. The van der Waals surface area contributed by atoms with Crippen LogP contribution in [0.2, 0.25) is 0 Å². The summed E-state index contributed by atoms with van der Waals surface area (Å²) in [7, 11) is 0. The van der Waals surface area contributed by atoms with Gasteiger partial charge in [-0.3, -0.25) is 0 Å². The van der Waals surface area contributed by atoms with Crippen molar-refractivity contribution in [3.63, 3.8) is 0 Å². The van der Waals surface area contributed by atoms with E-state index in [0.717, 1.165) is 24.0 Å². The van der Waals surface area contributed by atoms with Crippen molar-refractivity contribution in [2.24, 2.45) is 5.92 Å². The second-order valence-electron chi connectivity index (χ2n) is 8.46. The van der Waals surface area contributed by atoms with Gasteiger partial charge >= 0.3 is 12.1 Å². The van der Waals surface area contributed by atoms with E-state index in [1.54, 1.807) is 11.8 Å². The predicted molar refractivity (Wildman–Crippen MR) is 136 cm³/mol. The van der Waals surface area contributed by atoms with Crippen LogP contribution in [-0.4, -0.2) is 61.1 Å². The fourth-order valence-corrected chi connectivity index (χ4v) is 3.74. The first-order valence-corrected chi connectivity index (χ1v) is 12.5. The first-order valence-electron chi connectivity index (χ1n) is 12.5. The number of rotatable bonds is 16. The number of nitrogens with zero attached hydrogens (tertiary/aromatic N) is 1. The standard InChI is InChI=1S/C28H39NO6/c1-4-22(5-2)21-29(28(32)35-18-16-23-10-8-7-9-11-23)17-19-34-25-14-12-24(13-15-25)20-26(27(30)31)33-6-3/h7-15,22,26H,4-6,16-21H2,1-3H3,(H,30,31). The first-order chi connectivity index (χ1) is 17.0. The average Bonchev–Trinajstić information content (AvgIpc) is 2.87. The molecule has 1 unspecified atom stereocenters. The molecule has 192 valence electrons. The lowest BCUT2D eigenvalue weighted by Gasteiger charge is -2.26. The van der Waals surface area contributed by atoms with E-state index >= 15 is 0 Å². The quantitative estimate of drug-likeness (QED) is 0.351. The Morgan fingerprint density at radius 1 is 0.914 bits per heavy atom. The van der Waals surface area contributed by atoms with Crippen LogP contribution in [0.4, 0.5) is 4.79 Å². The van der Waals surface area contributed by atoms with Crippen molar-refractivity contribution in [3.05, 3.63) is 65.7 Å². The molecule has 0 fully saturated rings. The average molecular weight is 486 g/mol. The molecule has 0 aliphatic rings. The highest BCUT2D eigenvalue weighted by Crippen LogP contribution is 2.16. The van der Waals surface area contributed by atoms with Gasteiger partial charge in [0.15, 0.2) is 6.10 Å². The lowest BCUT2D eigenvalue weighted by molar-refractivity contribution is -0.149. The number of amides is 1. The van der Waals surface area contributed by atoms with E-state index in [1.165, 1.54) is 0 Å². The van der Waals surface area contributed by atoms with Crippen LogP contribution in [-0.2, 0) is 27.1 Å².